The largest absolute Gasteiger partial charge is 0.340 e. The van der Waals surface area contributed by atoms with Crippen LogP contribution in [0.2, 0.25) is 0 Å². The van der Waals surface area contributed by atoms with Crippen molar-refractivity contribution in [2.24, 2.45) is 4.99 Å². The van der Waals surface area contributed by atoms with Crippen LogP contribution in [-0.2, 0) is 0 Å². The molecule has 0 aliphatic carbocycles. The lowest BCUT2D eigenvalue weighted by molar-refractivity contribution is 0.644. The van der Waals surface area contributed by atoms with Crippen molar-refractivity contribution in [3.8, 4) is 0 Å². The number of aliphatic imine (C=N–C) groups is 1. The van der Waals surface area contributed by atoms with Crippen molar-refractivity contribution in [2.45, 2.75) is 13.8 Å². The first-order valence-corrected chi connectivity index (χ1v) is 3.22. The second-order valence-corrected chi connectivity index (χ2v) is 1.99. The van der Waals surface area contributed by atoms with Crippen LogP contribution in [0.3, 0.4) is 0 Å². The monoisotopic (exact) mass is 138 g/mol. The Hall–Kier alpha value is -1.05. The lowest BCUT2D eigenvalue weighted by Gasteiger charge is -2.11. The zero-order valence-corrected chi connectivity index (χ0v) is 6.83. The van der Waals surface area contributed by atoms with Gasteiger partial charge in [-0.3, -0.25) is 0 Å². The second kappa shape index (κ2) is 4.79. The van der Waals surface area contributed by atoms with Crippen LogP contribution in [0.1, 0.15) is 13.8 Å². The Bertz CT molecular complexity index is 157. The number of nitrogens with zero attached hydrogens (tertiary/aromatic N) is 2. The molecule has 0 aromatic rings. The van der Waals surface area contributed by atoms with E-state index < -0.39 is 0 Å². The van der Waals surface area contributed by atoms with Crippen LogP contribution < -0.4 is 0 Å². The molecule has 0 unspecified atom stereocenters. The average molecular weight is 138 g/mol. The van der Waals surface area contributed by atoms with Crippen LogP contribution in [0.25, 0.3) is 0 Å². The van der Waals surface area contributed by atoms with Crippen molar-refractivity contribution >= 4 is 6.34 Å². The molecule has 0 bridgehead atoms. The number of hydrogen-bond donors (Lipinski definition) is 0. The summed E-state index contributed by atoms with van der Waals surface area (Å²) < 4.78 is 0. The Kier molecular flexibility index (Phi) is 4.29. The minimum atomic E-state index is 1.17. The molecular formula is C8H14N2. The van der Waals surface area contributed by atoms with Crippen molar-refractivity contribution < 1.29 is 0 Å². The van der Waals surface area contributed by atoms with Gasteiger partial charge in [0.2, 0.25) is 0 Å². The molecule has 0 N–H and O–H groups in total. The topological polar surface area (TPSA) is 15.6 Å². The minimum absolute atomic E-state index is 1.17. The maximum Gasteiger partial charge on any atom is 0.0943 e. The van der Waals surface area contributed by atoms with Crippen LogP contribution in [0.15, 0.2) is 29.5 Å². The molecule has 0 heterocycles. The van der Waals surface area contributed by atoms with Crippen molar-refractivity contribution in [3.05, 3.63) is 24.6 Å². The van der Waals surface area contributed by atoms with Gasteiger partial charge in [0, 0.05) is 18.9 Å². The summed E-state index contributed by atoms with van der Waals surface area (Å²) in [5, 5.41) is 0. The van der Waals surface area contributed by atoms with E-state index in [4.69, 9.17) is 0 Å². The second-order valence-electron chi connectivity index (χ2n) is 1.99. The molecule has 0 atom stereocenters. The zero-order chi connectivity index (χ0) is 7.98. The van der Waals surface area contributed by atoms with Crippen molar-refractivity contribution in [2.75, 3.05) is 7.05 Å². The van der Waals surface area contributed by atoms with Gasteiger partial charge in [-0.15, -0.1) is 0 Å². The van der Waals surface area contributed by atoms with Gasteiger partial charge in [-0.1, -0.05) is 12.7 Å². The van der Waals surface area contributed by atoms with Crippen LogP contribution in [0, 0.1) is 0 Å². The van der Waals surface area contributed by atoms with E-state index in [2.05, 4.69) is 11.6 Å². The quantitative estimate of drug-likeness (QED) is 0.430. The highest BCUT2D eigenvalue weighted by atomic mass is 15.1. The molecule has 0 aliphatic rings. The molecule has 10 heavy (non-hydrogen) atoms. The van der Waals surface area contributed by atoms with E-state index in [1.54, 1.807) is 6.34 Å². The van der Waals surface area contributed by atoms with Gasteiger partial charge in [-0.05, 0) is 13.8 Å². The van der Waals surface area contributed by atoms with Crippen molar-refractivity contribution in [1.82, 2.24) is 4.90 Å². The summed E-state index contributed by atoms with van der Waals surface area (Å²) in [7, 11) is 1.95. The lowest BCUT2D eigenvalue weighted by atomic mass is 10.4. The Morgan fingerprint density at radius 2 is 2.20 bits per heavy atom. The van der Waals surface area contributed by atoms with E-state index in [-0.39, 0.29) is 0 Å². The van der Waals surface area contributed by atoms with Crippen LogP contribution >= 0.6 is 0 Å². The van der Waals surface area contributed by atoms with Gasteiger partial charge in [-0.2, -0.15) is 0 Å². The lowest BCUT2D eigenvalue weighted by Crippen LogP contribution is -2.12. The van der Waals surface area contributed by atoms with Gasteiger partial charge in [-0.25, -0.2) is 4.99 Å². The molecule has 0 saturated heterocycles. The highest BCUT2D eigenvalue weighted by Gasteiger charge is 1.89. The Balaban J connectivity index is 3.95. The first-order chi connectivity index (χ1) is 4.72. The Morgan fingerprint density at radius 3 is 2.60 bits per heavy atom. The molecule has 0 aliphatic heterocycles. The third-order valence-electron chi connectivity index (χ3n) is 1.32. The minimum Gasteiger partial charge on any atom is -0.340 e. The maximum atomic E-state index is 3.86. The van der Waals surface area contributed by atoms with Gasteiger partial charge in [0.15, 0.2) is 0 Å². The number of hydrogen-bond acceptors (Lipinski definition) is 1. The summed E-state index contributed by atoms with van der Waals surface area (Å²) in [6.45, 7) is 7.49. The highest BCUT2D eigenvalue weighted by Crippen LogP contribution is 1.94. The molecule has 0 saturated carbocycles. The van der Waals surface area contributed by atoms with E-state index in [9.17, 15) is 0 Å². The fraction of sp³-hybridized carbons (Fsp3) is 0.375. The SMILES string of the molecule is C=C/N=C/N(C)/C(C)=C\C. The molecule has 0 aromatic heterocycles. The van der Waals surface area contributed by atoms with Gasteiger partial charge in [0.25, 0.3) is 0 Å². The summed E-state index contributed by atoms with van der Waals surface area (Å²) in [6.07, 6.45) is 5.26. The van der Waals surface area contributed by atoms with Crippen molar-refractivity contribution in [1.29, 1.82) is 0 Å². The fourth-order valence-electron chi connectivity index (χ4n) is 0.442. The molecule has 0 radical (unpaired) electrons. The summed E-state index contributed by atoms with van der Waals surface area (Å²) in [4.78, 5) is 5.80. The normalized spacial score (nSPS) is 12.1. The third-order valence-corrected chi connectivity index (χ3v) is 1.32. The summed E-state index contributed by atoms with van der Waals surface area (Å²) in [5.74, 6) is 0. The van der Waals surface area contributed by atoms with Gasteiger partial charge >= 0.3 is 0 Å². The predicted octanol–water partition coefficient (Wildman–Crippen LogP) is 2.01. The highest BCUT2D eigenvalue weighted by molar-refractivity contribution is 5.57. The van der Waals surface area contributed by atoms with E-state index in [0.717, 1.165) is 0 Å². The van der Waals surface area contributed by atoms with E-state index in [0.29, 0.717) is 0 Å². The van der Waals surface area contributed by atoms with Crippen LogP contribution in [0.4, 0.5) is 0 Å². The zero-order valence-electron chi connectivity index (χ0n) is 6.83. The van der Waals surface area contributed by atoms with Gasteiger partial charge in [0.05, 0.1) is 6.34 Å². The van der Waals surface area contributed by atoms with Gasteiger partial charge in [0.1, 0.15) is 0 Å². The molecule has 0 rings (SSSR count). The Labute approximate surface area is 62.6 Å². The number of rotatable bonds is 3. The molecule has 56 valence electrons. The third kappa shape index (κ3) is 3.07. The van der Waals surface area contributed by atoms with E-state index in [1.807, 2.05) is 31.9 Å². The van der Waals surface area contributed by atoms with E-state index >= 15 is 0 Å². The fourth-order valence-corrected chi connectivity index (χ4v) is 0.442. The molecule has 2 nitrogen and oxygen atoms in total. The first-order valence-electron chi connectivity index (χ1n) is 3.22. The smallest absolute Gasteiger partial charge is 0.0943 e. The van der Waals surface area contributed by atoms with E-state index in [1.165, 1.54) is 11.9 Å². The predicted molar refractivity (Wildman–Crippen MR) is 45.9 cm³/mol. The molecule has 0 amide bonds. The first kappa shape index (κ1) is 8.95. The van der Waals surface area contributed by atoms with Crippen molar-refractivity contribution in [3.63, 3.8) is 0 Å². The average Bonchev–Trinajstić information content (AvgIpc) is 1.98. The summed E-state index contributed by atoms with van der Waals surface area (Å²) in [6, 6.07) is 0. The molecule has 0 aromatic carbocycles. The standard InChI is InChI=1S/C8H14N2/c1-5-8(3)10(4)7-9-6-2/h5-7H,2H2,1,3-4H3/b8-5-,9-7+. The van der Waals surface area contributed by atoms with Gasteiger partial charge < -0.3 is 4.90 Å². The molecule has 0 spiro atoms. The maximum absolute atomic E-state index is 3.86. The summed E-state index contributed by atoms with van der Waals surface area (Å²) in [5.41, 5.74) is 1.17. The van der Waals surface area contributed by atoms with Crippen LogP contribution in [-0.4, -0.2) is 18.3 Å². The number of allylic oxidation sites excluding steroid dienone is 2. The summed E-state index contributed by atoms with van der Waals surface area (Å²) >= 11 is 0. The van der Waals surface area contributed by atoms with Crippen LogP contribution in [0.5, 0.6) is 0 Å². The molecule has 0 fully saturated rings. The Morgan fingerprint density at radius 1 is 1.60 bits per heavy atom. The molecular weight excluding hydrogens is 124 g/mol. The molecule has 2 heteroatoms.